The average molecular weight is 3210 g/mol. The molecule has 14 rings (SSSR count). The van der Waals surface area contributed by atoms with Crippen molar-refractivity contribution in [2.45, 2.75) is 77.3 Å². The molecule has 20 nitrogen and oxygen atoms in total. The Morgan fingerprint density at radius 2 is 0.653 bits per heavy atom. The first-order chi connectivity index (χ1) is 68.3. The molecule has 6 aromatic heterocycles. The highest BCUT2D eigenvalue weighted by molar-refractivity contribution is 9.56. The lowest BCUT2D eigenvalue weighted by atomic mass is 9.98. The molecule has 0 radical (unpaired) electrons. The second kappa shape index (κ2) is 71.3. The Balaban J connectivity index is 0.000000203. The summed E-state index contributed by atoms with van der Waals surface area (Å²) in [5.74, 6) is 5.39. The molecule has 0 N–H and O–H groups in total. The number of halogens is 1. The van der Waals surface area contributed by atoms with Crippen molar-refractivity contribution >= 4 is 621 Å². The Kier molecular flexibility index (Phi) is 71.3. The number of aryl methyl sites for hydroxylation is 2. The van der Waals surface area contributed by atoms with Gasteiger partial charge in [-0.3, -0.25) is 0 Å². The van der Waals surface area contributed by atoms with Gasteiger partial charge in [0.05, 0.1) is 68.0 Å². The second-order valence-corrected chi connectivity index (χ2v) is 307. The van der Waals surface area contributed by atoms with Gasteiger partial charge in [0.25, 0.3) is 0 Å². The zero-order chi connectivity index (χ0) is 105. The molecule has 0 aliphatic carbocycles. The van der Waals surface area contributed by atoms with Gasteiger partial charge in [0.15, 0.2) is 11.3 Å². The number of methoxy groups -OCH3 is 1. The second-order valence-electron chi connectivity index (χ2n) is 31.6. The van der Waals surface area contributed by atoms with E-state index in [1.165, 1.54) is 20.0 Å². The maximum Gasteiger partial charge on any atom is 0.376 e. The molecule has 144 heavy (non-hydrogen) atoms. The number of piperidine rings is 2. The van der Waals surface area contributed by atoms with Crippen molar-refractivity contribution in [1.82, 2.24) is 49.1 Å². The summed E-state index contributed by atoms with van der Waals surface area (Å²) in [5, 5.41) is 12.7. The van der Waals surface area contributed by atoms with Gasteiger partial charge < -0.3 is 43.6 Å². The van der Waals surface area contributed by atoms with Crippen LogP contribution < -0.4 is 29.4 Å². The number of carbonyl (C=O) groups is 1. The van der Waals surface area contributed by atoms with Crippen molar-refractivity contribution in [3.05, 3.63) is 94.3 Å². The van der Waals surface area contributed by atoms with Crippen LogP contribution in [0.15, 0.2) is 60.7 Å². The highest BCUT2D eigenvalue weighted by Crippen LogP contribution is 3.50. The first kappa shape index (κ1) is 144. The van der Waals surface area contributed by atoms with E-state index < -0.39 is 5.97 Å². The van der Waals surface area contributed by atoms with E-state index in [4.69, 9.17) is 55.9 Å². The first-order valence-electron chi connectivity index (χ1n) is 42.8. The fraction of sp³-hybridized carbons (Fsp3) is 0.482. The van der Waals surface area contributed by atoms with Crippen LogP contribution in [-0.4, -0.2) is 154 Å². The molecular formula is C56H134ClN16O4P67. The van der Waals surface area contributed by atoms with Crippen LogP contribution in [-0.2, 0) is 14.2 Å². The predicted molar refractivity (Wildman–Crippen MR) is 858 cm³/mol. The Hall–Kier alpha value is 21.6. The smallest absolute Gasteiger partial charge is 0.376 e. The molecule has 6 saturated heterocycles. The van der Waals surface area contributed by atoms with E-state index in [1.54, 1.807) is 0 Å². The number of rotatable bonds is 41. The van der Waals surface area contributed by atoms with Gasteiger partial charge in [0.2, 0.25) is 11.1 Å². The van der Waals surface area contributed by atoms with Gasteiger partial charge in [0.1, 0.15) is 34.9 Å². The van der Waals surface area contributed by atoms with Crippen LogP contribution in [0.3, 0.4) is 0 Å². The molecule has 12 heterocycles. The van der Waals surface area contributed by atoms with Gasteiger partial charge in [-0.15, -0.1) is 304 Å². The number of fused-ring (bicyclic) bond motifs is 4. The van der Waals surface area contributed by atoms with Crippen LogP contribution in [0.1, 0.15) is 96.6 Å². The fourth-order valence-corrected chi connectivity index (χ4v) is 988. The van der Waals surface area contributed by atoms with Crippen molar-refractivity contribution in [2.24, 2.45) is 0 Å². The van der Waals surface area contributed by atoms with Crippen LogP contribution in [0.25, 0.3) is 33.1 Å². The van der Waals surface area contributed by atoms with Gasteiger partial charge in [0, 0.05) is 100 Å². The summed E-state index contributed by atoms with van der Waals surface area (Å²) in [6.45, 7) is 7.87. The van der Waals surface area contributed by atoms with Gasteiger partial charge in [-0.05, 0) is 324 Å². The van der Waals surface area contributed by atoms with E-state index in [2.05, 4.69) is 393 Å². The lowest BCUT2D eigenvalue weighted by Gasteiger charge is -2.61. The van der Waals surface area contributed by atoms with Crippen LogP contribution in [0.5, 0.6) is 0 Å². The zero-order valence-corrected chi connectivity index (χ0v) is 148. The lowest BCUT2D eigenvalue weighted by molar-refractivity contribution is 0.0587. The maximum absolute atomic E-state index is 12.5. The van der Waals surface area contributed by atoms with E-state index in [-0.39, 0.29) is 247 Å². The Morgan fingerprint density at radius 1 is 0.354 bits per heavy atom. The number of anilines is 6. The van der Waals surface area contributed by atoms with E-state index in [9.17, 15) is 4.79 Å². The number of ether oxygens (including phenoxy) is 3. The van der Waals surface area contributed by atoms with Crippen molar-refractivity contribution in [3.63, 3.8) is 0 Å². The summed E-state index contributed by atoms with van der Waals surface area (Å²) in [6, 6.07) is 20.9. The lowest BCUT2D eigenvalue weighted by Crippen LogP contribution is -2.40. The van der Waals surface area contributed by atoms with Crippen molar-refractivity contribution < 1.29 is 19.0 Å². The molecule has 8 aromatic rings. The molecule has 2 aromatic carbocycles. The Bertz CT molecular complexity index is 5290. The monoisotopic (exact) mass is 3210 g/mol. The zero-order valence-electron chi connectivity index (χ0n) is 78.6. The van der Waals surface area contributed by atoms with E-state index in [0.717, 1.165) is 216 Å². The SMILES string of the molecule is COC(=O)c1nc(N2CCCCC2c2cc3nc(N4CCC4)cc(N4CCOCC4)n3n2)c2c(C)cccc2n1.Cc1cccc2nc(Cl)nc(N3CCCCC3c3cc4nc(N5CCC5)cc(N5CCOCC5)n4n3)c12.PPP(P)P(P(P(P)P)P(P)P)P(P(P(P)P)P(P)P)P(P(P(P(P)P)P(P)P)P(P(P)P)P(P)P)P(P(P(P(P)P)P(P)P)P(P(P)P)P(P)P)P(P(P(P)P)P(P)P)P(P(P)P)P(P)P. The summed E-state index contributed by atoms with van der Waals surface area (Å²) in [6.07, 6.45) is 8.72. The van der Waals surface area contributed by atoms with Crippen LogP contribution >= 0.6 is 547 Å². The predicted octanol–water partition coefficient (Wildman–Crippen LogP) is 47.2. The number of aromatic nitrogens is 10. The average Bonchev–Trinajstić information content (AvgIpc) is 0.871. The minimum absolute atomic E-state index is 0.0105. The normalized spacial score (nSPS) is 18.4. The third kappa shape index (κ3) is 38.4. The van der Waals surface area contributed by atoms with Crippen LogP contribution in [0, 0.1) is 13.8 Å². The standard InChI is InChI=1S/C29H34N8O3.C27H31ClN8O.H69P67/c1-19-7-5-8-20-26(19)28(32-27(30-20)29(38)39-2)36-12-4-3-9-22(36)21-17-24-31-23(34-10-6-11-34)18-25(37(24)33-21)35-13-15-40-16-14-35;1-18-6-4-7-19-25(18)26(31-27(28)29-19)35-11-3-2-8-21(35)20-16-23-30-22(33-9-5-10-33)17-24(36(23)32-20)34-12-14-37-15-13-34;1-35-52(34)61(53(36(2)3)37(4)5)65(60(50(30)31)51(32)33)67(64(58(46(22)23)47(24)25)59(48(26)27)49(28)29)66(62(54(38(6)7)39(8)9)55(40(10)11)41(12)13)63(56(42(14)15)43(16)17)57(44(18)19)45(20)21/h5,7-8,17-18,22H,3-4,6,9-16H2,1-2H3;4,6-7,16-17,21H,2-3,5,8-15H2,1H3;35H,1-34H2. The molecule has 41 unspecified atom stereocenters. The van der Waals surface area contributed by atoms with E-state index in [0.29, 0.717) is 13.2 Å². The molecule has 0 bridgehead atoms. The third-order valence-corrected chi connectivity index (χ3v) is 492. The number of esters is 1. The summed E-state index contributed by atoms with van der Waals surface area (Å²) < 4.78 is 20.3. The summed E-state index contributed by atoms with van der Waals surface area (Å²) >= 11 is 6.43. The number of morpholine rings is 2. The van der Waals surface area contributed by atoms with Crippen molar-refractivity contribution in [3.8, 4) is 0 Å². The molecule has 88 heteroatoms. The van der Waals surface area contributed by atoms with E-state index in [1.807, 2.05) is 33.3 Å². The van der Waals surface area contributed by atoms with Gasteiger partial charge in [-0.2, -0.15) is 24.2 Å². The van der Waals surface area contributed by atoms with Crippen molar-refractivity contribution in [2.75, 3.05) is 128 Å². The number of benzene rings is 2. The molecule has 0 saturated carbocycles. The molecule has 41 atom stereocenters. The molecule has 0 amide bonds. The summed E-state index contributed by atoms with van der Waals surface area (Å²) in [7, 11) is 125. The summed E-state index contributed by atoms with van der Waals surface area (Å²) in [5.41, 5.74) is 7.57. The molecule has 6 aliphatic heterocycles. The minimum atomic E-state index is -0.538. The molecule has 6 fully saturated rings. The molecular weight excluding hydrogens is 3070 g/mol. The van der Waals surface area contributed by atoms with Gasteiger partial charge in [-0.1, -0.05) is 32.2 Å². The van der Waals surface area contributed by atoms with Crippen LogP contribution in [0.2, 0.25) is 5.28 Å². The third-order valence-electron chi connectivity index (χ3n) is 22.1. The largest absolute Gasteiger partial charge is 0.463 e. The Morgan fingerprint density at radius 3 is 0.951 bits per heavy atom. The number of nitrogens with zero attached hydrogens (tertiary/aromatic N) is 16. The highest BCUT2D eigenvalue weighted by Gasteiger charge is 2.63. The Labute approximate surface area is 977 Å². The number of hydrogen-bond donors (Lipinski definition) is 0. The van der Waals surface area contributed by atoms with Crippen molar-refractivity contribution in [1.29, 1.82) is 0 Å². The van der Waals surface area contributed by atoms with Gasteiger partial charge in [-0.25, -0.2) is 29.7 Å². The fourth-order valence-electron chi connectivity index (χ4n) is 15.9. The molecule has 6 aliphatic rings. The first-order valence-corrected chi connectivity index (χ1v) is 165. The molecule has 804 valence electrons. The quantitative estimate of drug-likeness (QED) is 0.0201. The van der Waals surface area contributed by atoms with Gasteiger partial charge >= 0.3 is 5.97 Å². The summed E-state index contributed by atoms with van der Waals surface area (Å²) in [4.78, 5) is 55.3. The topological polar surface area (TPSA) is 176 Å². The number of hydrogen-bond acceptors (Lipinski definition) is 18. The maximum atomic E-state index is 12.5. The molecule has 0 spiro atoms. The van der Waals surface area contributed by atoms with E-state index >= 15 is 0 Å². The highest BCUT2D eigenvalue weighted by atomic mass is 35.5. The number of carbonyl (C=O) groups excluding carboxylic acids is 1. The minimum Gasteiger partial charge on any atom is -0.463 e. The van der Waals surface area contributed by atoms with Crippen LogP contribution in [0.4, 0.5) is 34.9 Å².